The molecule has 0 bridgehead atoms. The highest BCUT2D eigenvalue weighted by molar-refractivity contribution is 6.02. The van der Waals surface area contributed by atoms with E-state index in [0.717, 1.165) is 43.6 Å². The molecular formula is C22H24FN5O. The van der Waals surface area contributed by atoms with E-state index in [2.05, 4.69) is 20.1 Å². The van der Waals surface area contributed by atoms with E-state index in [1.54, 1.807) is 18.2 Å². The number of fused-ring (bicyclic) bond motifs is 1. The lowest BCUT2D eigenvalue weighted by molar-refractivity contribution is 0.256. The average molecular weight is 393 g/mol. The molecule has 0 atom stereocenters. The lowest BCUT2D eigenvalue weighted by Gasteiger charge is -2.24. The van der Waals surface area contributed by atoms with E-state index in [1.165, 1.54) is 11.0 Å². The number of nitrogens with one attached hydrogen (secondary N) is 1. The lowest BCUT2D eigenvalue weighted by Crippen LogP contribution is -2.36. The van der Waals surface area contributed by atoms with Gasteiger partial charge in [-0.3, -0.25) is 4.90 Å². The molecule has 0 saturated heterocycles. The third-order valence-corrected chi connectivity index (χ3v) is 5.26. The number of amides is 2. The smallest absolute Gasteiger partial charge is 0.313 e. The number of carbonyl (C=O) groups excluding carboxylic acids is 1. The Morgan fingerprint density at radius 3 is 2.72 bits per heavy atom. The number of hydrogen-bond donors (Lipinski definition) is 1. The van der Waals surface area contributed by atoms with Gasteiger partial charge in [-0.15, -0.1) is 10.2 Å². The number of anilines is 2. The van der Waals surface area contributed by atoms with Crippen LogP contribution in [0.25, 0.3) is 0 Å². The SMILES string of the molecule is Cc1ccccc1NC(=O)N(Cc1nnc2n1CCCCC2)c1ccccc1F. The maximum atomic E-state index is 14.6. The van der Waals surface area contributed by atoms with Crippen LogP contribution in [0.15, 0.2) is 48.5 Å². The predicted molar refractivity (Wildman–Crippen MR) is 110 cm³/mol. The van der Waals surface area contributed by atoms with Crippen molar-refractivity contribution in [2.24, 2.45) is 0 Å². The van der Waals surface area contributed by atoms with E-state index < -0.39 is 11.8 Å². The van der Waals surface area contributed by atoms with Crippen LogP contribution in [0.5, 0.6) is 0 Å². The Bertz CT molecular complexity index is 1020. The molecule has 0 aliphatic carbocycles. The van der Waals surface area contributed by atoms with Crippen LogP contribution >= 0.6 is 0 Å². The summed E-state index contributed by atoms with van der Waals surface area (Å²) < 4.78 is 16.7. The fraction of sp³-hybridized carbons (Fsp3) is 0.318. The Morgan fingerprint density at radius 1 is 1.10 bits per heavy atom. The largest absolute Gasteiger partial charge is 0.326 e. The van der Waals surface area contributed by atoms with Gasteiger partial charge < -0.3 is 9.88 Å². The maximum Gasteiger partial charge on any atom is 0.326 e. The topological polar surface area (TPSA) is 63.1 Å². The van der Waals surface area contributed by atoms with Gasteiger partial charge in [-0.05, 0) is 43.5 Å². The third kappa shape index (κ3) is 4.13. The van der Waals surface area contributed by atoms with Crippen molar-refractivity contribution in [3.8, 4) is 0 Å². The minimum Gasteiger partial charge on any atom is -0.313 e. The molecule has 1 aromatic heterocycles. The van der Waals surface area contributed by atoms with E-state index in [0.29, 0.717) is 11.5 Å². The first-order chi connectivity index (χ1) is 14.1. The molecule has 0 fully saturated rings. The summed E-state index contributed by atoms with van der Waals surface area (Å²) in [6.07, 6.45) is 4.16. The molecule has 7 heteroatoms. The molecule has 0 spiro atoms. The Balaban J connectivity index is 1.66. The highest BCUT2D eigenvalue weighted by Gasteiger charge is 2.24. The molecule has 6 nitrogen and oxygen atoms in total. The first kappa shape index (κ1) is 19.1. The second-order valence-corrected chi connectivity index (χ2v) is 7.28. The molecule has 0 radical (unpaired) electrons. The van der Waals surface area contributed by atoms with Crippen molar-refractivity contribution in [3.05, 3.63) is 71.6 Å². The summed E-state index contributed by atoms with van der Waals surface area (Å²) in [7, 11) is 0. The Morgan fingerprint density at radius 2 is 1.90 bits per heavy atom. The van der Waals surface area contributed by atoms with Gasteiger partial charge in [0.2, 0.25) is 0 Å². The minimum absolute atomic E-state index is 0.144. The molecule has 0 unspecified atom stereocenters. The normalized spacial score (nSPS) is 13.4. The molecule has 1 N–H and O–H groups in total. The number of nitrogens with zero attached hydrogens (tertiary/aromatic N) is 4. The number of hydrogen-bond acceptors (Lipinski definition) is 3. The third-order valence-electron chi connectivity index (χ3n) is 5.26. The summed E-state index contributed by atoms with van der Waals surface area (Å²) in [6.45, 7) is 2.88. The quantitative estimate of drug-likeness (QED) is 0.699. The maximum absolute atomic E-state index is 14.6. The number of benzene rings is 2. The number of aromatic nitrogens is 3. The van der Waals surface area contributed by atoms with Crippen LogP contribution < -0.4 is 10.2 Å². The molecule has 29 heavy (non-hydrogen) atoms. The molecule has 4 rings (SSSR count). The van der Waals surface area contributed by atoms with Gasteiger partial charge in [-0.1, -0.05) is 36.8 Å². The Kier molecular flexibility index (Phi) is 5.55. The van der Waals surface area contributed by atoms with Crippen molar-refractivity contribution in [2.75, 3.05) is 10.2 Å². The van der Waals surface area contributed by atoms with Gasteiger partial charge in [0.05, 0.1) is 12.2 Å². The van der Waals surface area contributed by atoms with E-state index in [4.69, 9.17) is 0 Å². The summed E-state index contributed by atoms with van der Waals surface area (Å²) in [6, 6.07) is 13.4. The first-order valence-electron chi connectivity index (χ1n) is 9.93. The molecular weight excluding hydrogens is 369 g/mol. The zero-order chi connectivity index (χ0) is 20.2. The first-order valence-corrected chi connectivity index (χ1v) is 9.93. The fourth-order valence-corrected chi connectivity index (χ4v) is 3.64. The molecule has 2 amide bonds. The number of carbonyl (C=O) groups is 1. The Labute approximate surface area is 169 Å². The standard InChI is InChI=1S/C22H24FN5O/c1-16-9-4-6-11-18(16)24-22(29)28(19-12-7-5-10-17(19)23)15-21-26-25-20-13-3-2-8-14-27(20)21/h4-7,9-12H,2-3,8,13-15H2,1H3,(H,24,29). The van der Waals surface area contributed by atoms with Gasteiger partial charge in [-0.2, -0.15) is 0 Å². The average Bonchev–Trinajstić information content (AvgIpc) is 2.94. The lowest BCUT2D eigenvalue weighted by atomic mass is 10.2. The van der Waals surface area contributed by atoms with Gasteiger partial charge in [0.1, 0.15) is 11.6 Å². The number of urea groups is 1. The van der Waals surface area contributed by atoms with Gasteiger partial charge in [0.25, 0.3) is 0 Å². The molecule has 0 saturated carbocycles. The van der Waals surface area contributed by atoms with Crippen molar-refractivity contribution < 1.29 is 9.18 Å². The van der Waals surface area contributed by atoms with Crippen molar-refractivity contribution in [3.63, 3.8) is 0 Å². The highest BCUT2D eigenvalue weighted by atomic mass is 19.1. The van der Waals surface area contributed by atoms with Crippen molar-refractivity contribution >= 4 is 17.4 Å². The zero-order valence-electron chi connectivity index (χ0n) is 16.4. The number of halogens is 1. The van der Waals surface area contributed by atoms with E-state index in [9.17, 15) is 9.18 Å². The van der Waals surface area contributed by atoms with Gasteiger partial charge in [0.15, 0.2) is 5.82 Å². The summed E-state index contributed by atoms with van der Waals surface area (Å²) in [4.78, 5) is 14.6. The summed E-state index contributed by atoms with van der Waals surface area (Å²) in [5.74, 6) is 1.15. The van der Waals surface area contributed by atoms with Crippen LogP contribution in [0.1, 0.15) is 36.5 Å². The molecule has 2 aromatic carbocycles. The summed E-state index contributed by atoms with van der Waals surface area (Å²) in [5.41, 5.74) is 1.84. The monoisotopic (exact) mass is 393 g/mol. The minimum atomic E-state index is -0.456. The number of para-hydroxylation sites is 2. The molecule has 1 aliphatic rings. The Hall–Kier alpha value is -3.22. The second-order valence-electron chi connectivity index (χ2n) is 7.28. The summed E-state index contributed by atoms with van der Waals surface area (Å²) >= 11 is 0. The molecule has 2 heterocycles. The highest BCUT2D eigenvalue weighted by Crippen LogP contribution is 2.24. The van der Waals surface area contributed by atoms with Crippen LogP contribution in [-0.4, -0.2) is 20.8 Å². The van der Waals surface area contributed by atoms with E-state index in [-0.39, 0.29) is 12.2 Å². The molecule has 1 aliphatic heterocycles. The van der Waals surface area contributed by atoms with Crippen LogP contribution in [0.3, 0.4) is 0 Å². The molecule has 150 valence electrons. The van der Waals surface area contributed by atoms with E-state index in [1.807, 2.05) is 31.2 Å². The van der Waals surface area contributed by atoms with Crippen LogP contribution in [0, 0.1) is 12.7 Å². The van der Waals surface area contributed by atoms with Gasteiger partial charge in [-0.25, -0.2) is 9.18 Å². The van der Waals surface area contributed by atoms with Crippen LogP contribution in [0.2, 0.25) is 0 Å². The number of aryl methyl sites for hydroxylation is 2. The van der Waals surface area contributed by atoms with Gasteiger partial charge in [0, 0.05) is 18.7 Å². The molecule has 3 aromatic rings. The van der Waals surface area contributed by atoms with Crippen molar-refractivity contribution in [1.29, 1.82) is 0 Å². The summed E-state index contributed by atoms with van der Waals surface area (Å²) in [5, 5.41) is 11.5. The number of rotatable bonds is 4. The fourth-order valence-electron chi connectivity index (χ4n) is 3.64. The van der Waals surface area contributed by atoms with E-state index >= 15 is 0 Å². The van der Waals surface area contributed by atoms with Crippen LogP contribution in [0.4, 0.5) is 20.6 Å². The predicted octanol–water partition coefficient (Wildman–Crippen LogP) is 4.69. The van der Waals surface area contributed by atoms with Crippen LogP contribution in [-0.2, 0) is 19.5 Å². The van der Waals surface area contributed by atoms with Crippen molar-refractivity contribution in [2.45, 2.75) is 45.7 Å². The zero-order valence-corrected chi connectivity index (χ0v) is 16.4. The second kappa shape index (κ2) is 8.43. The van der Waals surface area contributed by atoms with Crippen molar-refractivity contribution in [1.82, 2.24) is 14.8 Å². The van der Waals surface area contributed by atoms with Gasteiger partial charge >= 0.3 is 6.03 Å².